The lowest BCUT2D eigenvalue weighted by Gasteiger charge is -2.10. The summed E-state index contributed by atoms with van der Waals surface area (Å²) in [6.07, 6.45) is 1.45. The van der Waals surface area contributed by atoms with Gasteiger partial charge < -0.3 is 15.2 Å². The van der Waals surface area contributed by atoms with Crippen molar-refractivity contribution in [2.75, 3.05) is 5.32 Å². The van der Waals surface area contributed by atoms with Crippen LogP contribution in [-0.4, -0.2) is 11.0 Å². The molecule has 0 unspecified atom stereocenters. The number of phenols is 1. The predicted molar refractivity (Wildman–Crippen MR) is 115 cm³/mol. The van der Waals surface area contributed by atoms with Crippen molar-refractivity contribution in [2.24, 2.45) is 0 Å². The van der Waals surface area contributed by atoms with Crippen LogP contribution in [0.3, 0.4) is 0 Å². The molecule has 7 heteroatoms. The van der Waals surface area contributed by atoms with Gasteiger partial charge in [0.2, 0.25) is 0 Å². The van der Waals surface area contributed by atoms with E-state index in [1.807, 2.05) is 6.07 Å². The molecule has 0 spiro atoms. The van der Waals surface area contributed by atoms with E-state index in [1.54, 1.807) is 36.4 Å². The predicted octanol–water partition coefficient (Wildman–Crippen LogP) is 5.42. The Bertz CT molecular complexity index is 1140. The maximum absolute atomic E-state index is 13.7. The molecular formula is C23H16BrFN2O3. The molecule has 1 amide bonds. The molecule has 5 nitrogen and oxygen atoms in total. The van der Waals surface area contributed by atoms with Gasteiger partial charge in [0, 0.05) is 11.3 Å². The van der Waals surface area contributed by atoms with Gasteiger partial charge in [0.25, 0.3) is 5.91 Å². The average molecular weight is 467 g/mol. The van der Waals surface area contributed by atoms with Crippen molar-refractivity contribution in [3.63, 3.8) is 0 Å². The summed E-state index contributed by atoms with van der Waals surface area (Å²) in [4.78, 5) is 12.3. The molecule has 0 aliphatic heterocycles. The van der Waals surface area contributed by atoms with Gasteiger partial charge in [0.05, 0.1) is 4.47 Å². The SMILES string of the molecule is N#C/C(=C\c1ccc(OCc2ccccc2F)c(Br)c1)C(=O)Nc1ccc(O)cc1. The van der Waals surface area contributed by atoms with Gasteiger partial charge in [-0.1, -0.05) is 24.3 Å². The van der Waals surface area contributed by atoms with Gasteiger partial charge in [0.15, 0.2) is 0 Å². The molecule has 0 saturated carbocycles. The van der Waals surface area contributed by atoms with Crippen molar-refractivity contribution < 1.29 is 19.0 Å². The summed E-state index contributed by atoms with van der Waals surface area (Å²) in [7, 11) is 0. The minimum Gasteiger partial charge on any atom is -0.508 e. The fourth-order valence-corrected chi connectivity index (χ4v) is 3.06. The summed E-state index contributed by atoms with van der Waals surface area (Å²) in [5.41, 5.74) is 1.41. The van der Waals surface area contributed by atoms with E-state index in [0.717, 1.165) is 0 Å². The number of nitrogens with zero attached hydrogens (tertiary/aromatic N) is 1. The van der Waals surface area contributed by atoms with Crippen molar-refractivity contribution in [3.8, 4) is 17.6 Å². The molecule has 3 aromatic carbocycles. The first kappa shape index (κ1) is 21.1. The van der Waals surface area contributed by atoms with Gasteiger partial charge >= 0.3 is 0 Å². The minimum absolute atomic E-state index is 0.0684. The molecule has 3 aromatic rings. The van der Waals surface area contributed by atoms with E-state index in [0.29, 0.717) is 27.0 Å². The third kappa shape index (κ3) is 5.46. The van der Waals surface area contributed by atoms with E-state index in [2.05, 4.69) is 21.2 Å². The number of nitriles is 1. The molecule has 2 N–H and O–H groups in total. The van der Waals surface area contributed by atoms with Gasteiger partial charge in [-0.15, -0.1) is 0 Å². The van der Waals surface area contributed by atoms with Crippen LogP contribution >= 0.6 is 15.9 Å². The summed E-state index contributed by atoms with van der Waals surface area (Å²) in [5.74, 6) is -0.334. The number of hydrogen-bond acceptors (Lipinski definition) is 4. The monoisotopic (exact) mass is 466 g/mol. The molecular weight excluding hydrogens is 451 g/mol. The van der Waals surface area contributed by atoms with Crippen molar-refractivity contribution in [2.45, 2.75) is 6.61 Å². The Morgan fingerprint density at radius 1 is 1.17 bits per heavy atom. The summed E-state index contributed by atoms with van der Waals surface area (Å²) >= 11 is 3.39. The van der Waals surface area contributed by atoms with Crippen LogP contribution in [0.2, 0.25) is 0 Å². The third-order valence-electron chi connectivity index (χ3n) is 4.10. The molecule has 0 saturated heterocycles. The molecule has 3 rings (SSSR count). The van der Waals surface area contributed by atoms with Crippen molar-refractivity contribution in [1.82, 2.24) is 0 Å². The standard InChI is InChI=1S/C23H16BrFN2O3/c24-20-12-15(5-10-22(20)30-14-16-3-1-2-4-21(16)25)11-17(13-26)23(29)27-18-6-8-19(28)9-7-18/h1-12,28H,14H2,(H,27,29)/b17-11+. The zero-order valence-corrected chi connectivity index (χ0v) is 17.2. The molecule has 0 radical (unpaired) electrons. The second kappa shape index (κ2) is 9.72. The summed E-state index contributed by atoms with van der Waals surface area (Å²) in [5, 5.41) is 21.2. The fourth-order valence-electron chi connectivity index (χ4n) is 2.55. The summed E-state index contributed by atoms with van der Waals surface area (Å²) < 4.78 is 20.0. The Balaban J connectivity index is 1.71. The highest BCUT2D eigenvalue weighted by molar-refractivity contribution is 9.10. The van der Waals surface area contributed by atoms with E-state index in [1.165, 1.54) is 36.4 Å². The lowest BCUT2D eigenvalue weighted by atomic mass is 10.1. The van der Waals surface area contributed by atoms with Crippen LogP contribution in [0.4, 0.5) is 10.1 Å². The highest BCUT2D eigenvalue weighted by Crippen LogP contribution is 2.28. The quantitative estimate of drug-likeness (QED) is 0.288. The van der Waals surface area contributed by atoms with E-state index in [-0.39, 0.29) is 23.7 Å². The van der Waals surface area contributed by atoms with Crippen molar-refractivity contribution >= 4 is 33.6 Å². The van der Waals surface area contributed by atoms with E-state index >= 15 is 0 Å². The molecule has 30 heavy (non-hydrogen) atoms. The largest absolute Gasteiger partial charge is 0.508 e. The maximum atomic E-state index is 13.7. The van der Waals surface area contributed by atoms with Crippen LogP contribution in [0.15, 0.2) is 76.8 Å². The number of carbonyl (C=O) groups excluding carboxylic acids is 1. The first-order chi connectivity index (χ1) is 14.5. The Morgan fingerprint density at radius 3 is 2.57 bits per heavy atom. The fraction of sp³-hybridized carbons (Fsp3) is 0.0435. The first-order valence-corrected chi connectivity index (χ1v) is 9.63. The van der Waals surface area contributed by atoms with Crippen LogP contribution in [0, 0.1) is 17.1 Å². The van der Waals surface area contributed by atoms with Gasteiger partial charge in [-0.3, -0.25) is 4.79 Å². The van der Waals surface area contributed by atoms with Crippen LogP contribution in [-0.2, 0) is 11.4 Å². The molecule has 0 aromatic heterocycles. The number of hydrogen-bond donors (Lipinski definition) is 2. The maximum Gasteiger partial charge on any atom is 0.266 e. The highest BCUT2D eigenvalue weighted by atomic mass is 79.9. The van der Waals surface area contributed by atoms with Crippen LogP contribution < -0.4 is 10.1 Å². The van der Waals surface area contributed by atoms with Crippen LogP contribution in [0.25, 0.3) is 6.08 Å². The van der Waals surface area contributed by atoms with E-state index < -0.39 is 5.91 Å². The zero-order chi connectivity index (χ0) is 21.5. The Labute approximate surface area is 181 Å². The van der Waals surface area contributed by atoms with Crippen LogP contribution in [0.1, 0.15) is 11.1 Å². The summed E-state index contributed by atoms with van der Waals surface area (Å²) in [6, 6.07) is 19.2. The number of amides is 1. The number of benzene rings is 3. The summed E-state index contributed by atoms with van der Waals surface area (Å²) in [6.45, 7) is 0.0684. The number of aromatic hydroxyl groups is 1. The van der Waals surface area contributed by atoms with Gasteiger partial charge in [-0.05, 0) is 70.0 Å². The number of nitrogens with one attached hydrogen (secondary N) is 1. The highest BCUT2D eigenvalue weighted by Gasteiger charge is 2.11. The van der Waals surface area contributed by atoms with E-state index in [4.69, 9.17) is 4.74 Å². The number of ether oxygens (including phenoxy) is 1. The minimum atomic E-state index is -0.570. The number of rotatable bonds is 6. The molecule has 0 fully saturated rings. The Morgan fingerprint density at radius 2 is 1.90 bits per heavy atom. The molecule has 0 heterocycles. The molecule has 150 valence electrons. The molecule has 0 aliphatic rings. The second-order valence-corrected chi connectivity index (χ2v) is 7.10. The smallest absolute Gasteiger partial charge is 0.266 e. The number of anilines is 1. The average Bonchev–Trinajstić information content (AvgIpc) is 2.74. The lowest BCUT2D eigenvalue weighted by molar-refractivity contribution is -0.112. The number of halogens is 2. The van der Waals surface area contributed by atoms with Crippen molar-refractivity contribution in [1.29, 1.82) is 5.26 Å². The second-order valence-electron chi connectivity index (χ2n) is 6.24. The lowest BCUT2D eigenvalue weighted by Crippen LogP contribution is -2.13. The van der Waals surface area contributed by atoms with Crippen LogP contribution in [0.5, 0.6) is 11.5 Å². The molecule has 0 aliphatic carbocycles. The number of carbonyl (C=O) groups is 1. The molecule has 0 atom stereocenters. The Hall–Kier alpha value is -3.63. The zero-order valence-electron chi connectivity index (χ0n) is 15.6. The Kier molecular flexibility index (Phi) is 6.83. The number of phenolic OH excluding ortho intramolecular Hbond substituents is 1. The molecule has 0 bridgehead atoms. The normalized spacial score (nSPS) is 10.9. The third-order valence-corrected chi connectivity index (χ3v) is 4.72. The van der Waals surface area contributed by atoms with Gasteiger partial charge in [0.1, 0.15) is 35.6 Å². The van der Waals surface area contributed by atoms with Gasteiger partial charge in [-0.2, -0.15) is 5.26 Å². The van der Waals surface area contributed by atoms with Gasteiger partial charge in [-0.25, -0.2) is 4.39 Å². The first-order valence-electron chi connectivity index (χ1n) is 8.84. The van der Waals surface area contributed by atoms with Crippen molar-refractivity contribution in [3.05, 3.63) is 93.7 Å². The van der Waals surface area contributed by atoms with E-state index in [9.17, 15) is 19.6 Å². The topological polar surface area (TPSA) is 82.3 Å².